The van der Waals surface area contributed by atoms with Crippen LogP contribution < -0.4 is 19.5 Å². The van der Waals surface area contributed by atoms with Crippen LogP contribution in [0.2, 0.25) is 0 Å². The molecular weight excluding hydrogens is 576 g/mol. The number of carbonyl (C=O) groups is 2. The van der Waals surface area contributed by atoms with Crippen molar-refractivity contribution in [3.05, 3.63) is 60.6 Å². The number of likely N-dealkylation sites (N-methyl/N-ethyl adjacent to an activating group) is 1. The lowest BCUT2D eigenvalue weighted by Crippen LogP contribution is -2.48. The number of ether oxygens (including phenoxy) is 2. The molecule has 4 rings (SSSR count). The van der Waals surface area contributed by atoms with Crippen molar-refractivity contribution in [2.24, 2.45) is 13.0 Å². The highest BCUT2D eigenvalue weighted by molar-refractivity contribution is 7.92. The number of aryl methyl sites for hydroxylation is 1. The molecule has 1 aliphatic heterocycles. The van der Waals surface area contributed by atoms with Gasteiger partial charge >= 0.3 is 6.03 Å². The number of rotatable bonds is 9. The zero-order valence-electron chi connectivity index (χ0n) is 24.9. The number of sulfonamides is 1. The van der Waals surface area contributed by atoms with Gasteiger partial charge < -0.3 is 34.3 Å². The number of aromatic nitrogens is 2. The second-order valence-electron chi connectivity index (χ2n) is 10.7. The Bertz CT molecular complexity index is 1540. The first-order chi connectivity index (χ1) is 20.4. The molecule has 0 bridgehead atoms. The highest BCUT2D eigenvalue weighted by Gasteiger charge is 2.32. The van der Waals surface area contributed by atoms with Crippen molar-refractivity contribution in [2.75, 3.05) is 43.9 Å². The minimum atomic E-state index is -3.97. The molecule has 1 aliphatic rings. The molecule has 2 aromatic carbocycles. The predicted octanol–water partition coefficient (Wildman–Crippen LogP) is 2.54. The first-order valence-corrected chi connectivity index (χ1v) is 15.2. The summed E-state index contributed by atoms with van der Waals surface area (Å²) in [6.07, 6.45) is 2.15. The van der Waals surface area contributed by atoms with E-state index in [0.717, 1.165) is 0 Å². The number of nitrogens with one attached hydrogen (secondary N) is 2. The Labute approximate surface area is 251 Å². The molecule has 0 aliphatic carbocycles. The quantitative estimate of drug-likeness (QED) is 0.332. The van der Waals surface area contributed by atoms with Crippen LogP contribution in [0.15, 0.2) is 60.0 Å². The maximum absolute atomic E-state index is 13.5. The summed E-state index contributed by atoms with van der Waals surface area (Å²) in [5.41, 5.74) is 1.30. The van der Waals surface area contributed by atoms with Gasteiger partial charge in [0.05, 0.1) is 39.1 Å². The molecule has 0 fully saturated rings. The van der Waals surface area contributed by atoms with Gasteiger partial charge in [-0.3, -0.25) is 9.52 Å². The molecule has 0 saturated carbocycles. The van der Waals surface area contributed by atoms with Crippen molar-refractivity contribution < 1.29 is 32.6 Å². The van der Waals surface area contributed by atoms with Gasteiger partial charge in [-0.1, -0.05) is 6.92 Å². The molecule has 3 N–H and O–H groups in total. The molecule has 3 atom stereocenters. The Kier molecular flexibility index (Phi) is 9.81. The van der Waals surface area contributed by atoms with Gasteiger partial charge in [-0.25, -0.2) is 9.78 Å². The van der Waals surface area contributed by atoms with Crippen molar-refractivity contribution in [1.82, 2.24) is 19.4 Å². The number of methoxy groups -OCH3 is 1. The molecular formula is C29H38N6O7S. The molecule has 0 unspecified atom stereocenters. The van der Waals surface area contributed by atoms with Crippen LogP contribution in [0, 0.1) is 5.92 Å². The van der Waals surface area contributed by atoms with E-state index in [1.54, 1.807) is 75.5 Å². The van der Waals surface area contributed by atoms with Crippen molar-refractivity contribution in [3.63, 3.8) is 0 Å². The first kappa shape index (κ1) is 31.6. The lowest BCUT2D eigenvalue weighted by Gasteiger charge is -2.34. The van der Waals surface area contributed by atoms with E-state index in [-0.39, 0.29) is 54.7 Å². The number of fused-ring (bicyclic) bond motifs is 1. The van der Waals surface area contributed by atoms with Gasteiger partial charge in [-0.2, -0.15) is 8.42 Å². The molecule has 1 aromatic heterocycles. The zero-order valence-corrected chi connectivity index (χ0v) is 25.7. The second kappa shape index (κ2) is 13.3. The van der Waals surface area contributed by atoms with Gasteiger partial charge in [0.2, 0.25) is 5.91 Å². The summed E-state index contributed by atoms with van der Waals surface area (Å²) in [4.78, 5) is 33.5. The molecule has 14 heteroatoms. The smallest absolute Gasteiger partial charge is 0.321 e. The van der Waals surface area contributed by atoms with Gasteiger partial charge in [0, 0.05) is 49.7 Å². The zero-order chi connectivity index (χ0) is 31.3. The number of benzene rings is 2. The molecule has 232 valence electrons. The van der Waals surface area contributed by atoms with Gasteiger partial charge in [-0.05, 0) is 49.4 Å². The van der Waals surface area contributed by atoms with E-state index in [2.05, 4.69) is 15.0 Å². The SMILES string of the molecule is COc1ccc(NC(=O)N(C)C[C@@H]2Oc3ccc(NS(=O)(=O)c4cn(C)cn4)cc3CC(=O)N([C@H](C)CO)C[C@H]2C)cc1. The van der Waals surface area contributed by atoms with Gasteiger partial charge in [0.1, 0.15) is 17.6 Å². The number of hydrogen-bond acceptors (Lipinski definition) is 8. The molecule has 3 aromatic rings. The van der Waals surface area contributed by atoms with Crippen LogP contribution in [0.5, 0.6) is 11.5 Å². The highest BCUT2D eigenvalue weighted by atomic mass is 32.2. The molecule has 3 amide bonds. The van der Waals surface area contributed by atoms with E-state index < -0.39 is 22.2 Å². The third kappa shape index (κ3) is 7.76. The van der Waals surface area contributed by atoms with Crippen molar-refractivity contribution in [3.8, 4) is 11.5 Å². The molecule has 13 nitrogen and oxygen atoms in total. The minimum absolute atomic E-state index is 0.0773. The van der Waals surface area contributed by atoms with Crippen molar-refractivity contribution in [2.45, 2.75) is 37.4 Å². The van der Waals surface area contributed by atoms with Gasteiger partial charge in [0.25, 0.3) is 10.0 Å². The summed E-state index contributed by atoms with van der Waals surface area (Å²) < 4.78 is 41.4. The molecule has 0 saturated heterocycles. The number of aliphatic hydroxyl groups is 1. The third-order valence-electron chi connectivity index (χ3n) is 7.27. The lowest BCUT2D eigenvalue weighted by atomic mass is 10.0. The fourth-order valence-electron chi connectivity index (χ4n) is 4.69. The van der Waals surface area contributed by atoms with E-state index in [4.69, 9.17) is 9.47 Å². The van der Waals surface area contributed by atoms with Crippen LogP contribution in [0.3, 0.4) is 0 Å². The topological polar surface area (TPSA) is 155 Å². The maximum Gasteiger partial charge on any atom is 0.321 e. The normalized spacial score (nSPS) is 17.9. The van der Waals surface area contributed by atoms with Crippen molar-refractivity contribution >= 4 is 33.3 Å². The largest absolute Gasteiger partial charge is 0.497 e. The fraction of sp³-hybridized carbons (Fsp3) is 0.414. The second-order valence-corrected chi connectivity index (χ2v) is 12.4. The number of aliphatic hydroxyl groups excluding tert-OH is 1. The first-order valence-electron chi connectivity index (χ1n) is 13.8. The van der Waals surface area contributed by atoms with E-state index in [1.807, 2.05) is 6.92 Å². The van der Waals surface area contributed by atoms with E-state index in [0.29, 0.717) is 22.7 Å². The Balaban J connectivity index is 1.59. The summed E-state index contributed by atoms with van der Waals surface area (Å²) in [7, 11) is 0.913. The fourth-order valence-corrected chi connectivity index (χ4v) is 5.72. The number of hydrogen-bond donors (Lipinski definition) is 3. The van der Waals surface area contributed by atoms with Crippen molar-refractivity contribution in [1.29, 1.82) is 0 Å². The van der Waals surface area contributed by atoms with Gasteiger partial charge in [0.15, 0.2) is 5.03 Å². The van der Waals surface area contributed by atoms with Crippen LogP contribution in [0.25, 0.3) is 0 Å². The molecule has 0 spiro atoms. The number of carbonyl (C=O) groups excluding carboxylic acids is 2. The Morgan fingerprint density at radius 1 is 1.23 bits per heavy atom. The number of nitrogens with zero attached hydrogens (tertiary/aromatic N) is 4. The average Bonchev–Trinajstić information content (AvgIpc) is 3.44. The standard InChI is InChI=1S/C29H38N6O7S/c1-19-14-35(20(2)17-36)28(37)13-21-12-23(32-43(39,40)27-16-33(3)18-30-27)8-11-25(21)42-26(19)15-34(4)29(38)31-22-6-9-24(41-5)10-7-22/h6-12,16,18-20,26,32,36H,13-15,17H2,1-5H3,(H,31,38)/t19-,20-,26+/m1/s1. The van der Waals surface area contributed by atoms with E-state index in [9.17, 15) is 23.1 Å². The van der Waals surface area contributed by atoms with Crippen LogP contribution in [-0.2, 0) is 28.3 Å². The van der Waals surface area contributed by atoms with Crippen LogP contribution >= 0.6 is 0 Å². The number of imidazole rings is 1. The Morgan fingerprint density at radius 3 is 2.56 bits per heavy atom. The summed E-state index contributed by atoms with van der Waals surface area (Å²) in [6.45, 7) is 3.92. The molecule has 2 heterocycles. The van der Waals surface area contributed by atoms with Gasteiger partial charge in [-0.15, -0.1) is 0 Å². The Morgan fingerprint density at radius 2 is 1.93 bits per heavy atom. The summed E-state index contributed by atoms with van der Waals surface area (Å²) in [5.74, 6) is 0.590. The third-order valence-corrected chi connectivity index (χ3v) is 8.53. The van der Waals surface area contributed by atoms with Crippen LogP contribution in [0.1, 0.15) is 19.4 Å². The van der Waals surface area contributed by atoms with E-state index in [1.165, 1.54) is 22.0 Å². The summed E-state index contributed by atoms with van der Waals surface area (Å²) in [6, 6.07) is 10.9. The lowest BCUT2D eigenvalue weighted by molar-refractivity contribution is -0.134. The van der Waals surface area contributed by atoms with Crippen LogP contribution in [-0.4, -0.2) is 90.8 Å². The number of urea groups is 1. The Hall–Kier alpha value is -4.30. The molecule has 43 heavy (non-hydrogen) atoms. The number of anilines is 2. The average molecular weight is 615 g/mol. The van der Waals surface area contributed by atoms with E-state index >= 15 is 0 Å². The maximum atomic E-state index is 13.5. The highest BCUT2D eigenvalue weighted by Crippen LogP contribution is 2.30. The number of amides is 3. The predicted molar refractivity (Wildman–Crippen MR) is 161 cm³/mol. The minimum Gasteiger partial charge on any atom is -0.497 e. The summed E-state index contributed by atoms with van der Waals surface area (Å²) in [5, 5.41) is 12.6. The van der Waals surface area contributed by atoms with Crippen LogP contribution in [0.4, 0.5) is 16.2 Å². The monoisotopic (exact) mass is 614 g/mol. The molecule has 0 radical (unpaired) electrons. The summed E-state index contributed by atoms with van der Waals surface area (Å²) >= 11 is 0.